The Morgan fingerprint density at radius 1 is 0.579 bits per heavy atom. The van der Waals surface area contributed by atoms with Gasteiger partial charge in [0, 0.05) is 0 Å². The van der Waals surface area contributed by atoms with Gasteiger partial charge in [-0.3, -0.25) is 0 Å². The maximum Gasteiger partial charge on any atom is -0.0414 e. The predicted octanol–water partition coefficient (Wildman–Crippen LogP) is 7.33. The van der Waals surface area contributed by atoms with Gasteiger partial charge in [0.1, 0.15) is 0 Å². The summed E-state index contributed by atoms with van der Waals surface area (Å²) in [5, 5.41) is 0. The zero-order valence-corrected chi connectivity index (χ0v) is 13.9. The van der Waals surface area contributed by atoms with Crippen LogP contribution in [0.15, 0.2) is 0 Å². The third-order valence-corrected chi connectivity index (χ3v) is 4.34. The minimum absolute atomic E-state index is 0.914. The van der Waals surface area contributed by atoms with Crippen LogP contribution in [0.5, 0.6) is 0 Å². The van der Waals surface area contributed by atoms with Gasteiger partial charge in [-0.25, -0.2) is 0 Å². The Kier molecular flexibility index (Phi) is 16.1. The van der Waals surface area contributed by atoms with Crippen molar-refractivity contribution in [3.8, 4) is 0 Å². The molecule has 0 bridgehead atoms. The number of rotatable bonds is 15. The smallest absolute Gasteiger partial charge is 0.0414 e. The summed E-state index contributed by atoms with van der Waals surface area (Å²) in [4.78, 5) is 0. The molecule has 0 nitrogen and oxygen atoms in total. The lowest BCUT2D eigenvalue weighted by molar-refractivity contribution is 0.405. The standard InChI is InChI=1S/C19H39/c1-4-7-9-11-12-14-16-18-19(6-3)17-15-13-10-8-5-2/h19H,3-18H2,1-2H3. The van der Waals surface area contributed by atoms with Gasteiger partial charge in [0.15, 0.2) is 0 Å². The minimum atomic E-state index is 0.914. The van der Waals surface area contributed by atoms with Crippen LogP contribution in [0, 0.1) is 12.8 Å². The van der Waals surface area contributed by atoms with E-state index in [9.17, 15) is 0 Å². The Hall–Kier alpha value is 0. The Bertz CT molecular complexity index is 150. The largest absolute Gasteiger partial charge is 0.0654 e. The molecule has 0 aliphatic heterocycles. The Morgan fingerprint density at radius 3 is 1.32 bits per heavy atom. The summed E-state index contributed by atoms with van der Waals surface area (Å²) >= 11 is 0. The highest BCUT2D eigenvalue weighted by atomic mass is 14.1. The highest BCUT2D eigenvalue weighted by Crippen LogP contribution is 2.21. The molecule has 0 aromatic carbocycles. The van der Waals surface area contributed by atoms with Crippen LogP contribution in [0.2, 0.25) is 0 Å². The van der Waals surface area contributed by atoms with Crippen molar-refractivity contribution >= 4 is 0 Å². The lowest BCUT2D eigenvalue weighted by atomic mass is 9.92. The van der Waals surface area contributed by atoms with Crippen molar-refractivity contribution < 1.29 is 0 Å². The molecular weight excluding hydrogens is 228 g/mol. The van der Waals surface area contributed by atoms with Crippen molar-refractivity contribution in [2.24, 2.45) is 5.92 Å². The monoisotopic (exact) mass is 267 g/mol. The van der Waals surface area contributed by atoms with Gasteiger partial charge in [0.25, 0.3) is 0 Å². The fourth-order valence-electron chi connectivity index (χ4n) is 2.86. The molecule has 1 atom stereocenters. The normalized spacial score (nSPS) is 12.8. The van der Waals surface area contributed by atoms with Crippen molar-refractivity contribution in [3.05, 3.63) is 6.92 Å². The highest BCUT2D eigenvalue weighted by molar-refractivity contribution is 4.62. The van der Waals surface area contributed by atoms with Gasteiger partial charge in [-0.05, 0) is 5.92 Å². The Balaban J connectivity index is 3.29. The van der Waals surface area contributed by atoms with Crippen molar-refractivity contribution in [2.45, 2.75) is 110 Å². The van der Waals surface area contributed by atoms with E-state index in [0.29, 0.717) is 0 Å². The lowest BCUT2D eigenvalue weighted by Gasteiger charge is -2.14. The molecule has 115 valence electrons. The molecular formula is C19H39. The fraction of sp³-hybridized carbons (Fsp3) is 0.947. The first kappa shape index (κ1) is 19.0. The first-order valence-corrected chi connectivity index (χ1v) is 9.14. The van der Waals surface area contributed by atoms with Gasteiger partial charge < -0.3 is 0 Å². The molecule has 0 rings (SSSR count). The van der Waals surface area contributed by atoms with E-state index in [1.807, 2.05) is 0 Å². The molecule has 1 radical (unpaired) electrons. The molecule has 19 heavy (non-hydrogen) atoms. The van der Waals surface area contributed by atoms with E-state index in [0.717, 1.165) is 12.3 Å². The average molecular weight is 268 g/mol. The molecule has 0 fully saturated rings. The molecule has 0 saturated heterocycles. The molecule has 0 N–H and O–H groups in total. The Labute approximate surface area is 123 Å². The zero-order valence-electron chi connectivity index (χ0n) is 13.9. The van der Waals surface area contributed by atoms with Gasteiger partial charge >= 0.3 is 0 Å². The number of hydrogen-bond donors (Lipinski definition) is 0. The van der Waals surface area contributed by atoms with Crippen LogP contribution in [-0.4, -0.2) is 0 Å². The molecule has 0 aliphatic carbocycles. The third kappa shape index (κ3) is 14.2. The zero-order chi connectivity index (χ0) is 14.2. The maximum atomic E-state index is 4.14. The van der Waals surface area contributed by atoms with Crippen LogP contribution in [0.1, 0.15) is 110 Å². The summed E-state index contributed by atoms with van der Waals surface area (Å²) in [6, 6.07) is 0. The Morgan fingerprint density at radius 2 is 0.947 bits per heavy atom. The van der Waals surface area contributed by atoms with Gasteiger partial charge in [-0.1, -0.05) is 117 Å². The van der Waals surface area contributed by atoms with Gasteiger partial charge in [0.2, 0.25) is 0 Å². The van der Waals surface area contributed by atoms with E-state index in [1.54, 1.807) is 0 Å². The molecule has 0 aromatic rings. The van der Waals surface area contributed by atoms with Crippen molar-refractivity contribution in [3.63, 3.8) is 0 Å². The molecule has 0 aromatic heterocycles. The maximum absolute atomic E-state index is 4.14. The van der Waals surface area contributed by atoms with E-state index in [4.69, 9.17) is 0 Å². The van der Waals surface area contributed by atoms with Crippen molar-refractivity contribution in [2.75, 3.05) is 0 Å². The second kappa shape index (κ2) is 16.1. The average Bonchev–Trinajstić information content (AvgIpc) is 2.44. The minimum Gasteiger partial charge on any atom is -0.0654 e. The van der Waals surface area contributed by atoms with Crippen molar-refractivity contribution in [1.29, 1.82) is 0 Å². The first-order chi connectivity index (χ1) is 9.35. The molecule has 0 heteroatoms. The number of unbranched alkanes of at least 4 members (excludes halogenated alkanes) is 10. The summed E-state index contributed by atoms with van der Waals surface area (Å²) in [5.41, 5.74) is 0. The summed E-state index contributed by atoms with van der Waals surface area (Å²) in [7, 11) is 0. The predicted molar refractivity (Wildman–Crippen MR) is 89.5 cm³/mol. The van der Waals surface area contributed by atoms with Gasteiger partial charge in [-0.15, -0.1) is 0 Å². The van der Waals surface area contributed by atoms with E-state index in [2.05, 4.69) is 20.8 Å². The topological polar surface area (TPSA) is 0 Å². The van der Waals surface area contributed by atoms with Crippen LogP contribution in [0.3, 0.4) is 0 Å². The van der Waals surface area contributed by atoms with E-state index < -0.39 is 0 Å². The molecule has 0 aliphatic rings. The summed E-state index contributed by atoms with van der Waals surface area (Å²) in [6.45, 7) is 8.72. The van der Waals surface area contributed by atoms with Gasteiger partial charge in [0.05, 0.1) is 0 Å². The summed E-state index contributed by atoms with van der Waals surface area (Å²) < 4.78 is 0. The quantitative estimate of drug-likeness (QED) is 0.272. The van der Waals surface area contributed by atoms with Gasteiger partial charge in [-0.2, -0.15) is 0 Å². The fourth-order valence-corrected chi connectivity index (χ4v) is 2.86. The molecule has 0 heterocycles. The van der Waals surface area contributed by atoms with Crippen LogP contribution >= 0.6 is 0 Å². The SMILES string of the molecule is [CH2]CC(CCCCCCC)CCCCCCCCC. The van der Waals surface area contributed by atoms with Crippen LogP contribution in [-0.2, 0) is 0 Å². The third-order valence-electron chi connectivity index (χ3n) is 4.34. The lowest BCUT2D eigenvalue weighted by Crippen LogP contribution is -1.99. The number of hydrogen-bond acceptors (Lipinski definition) is 0. The first-order valence-electron chi connectivity index (χ1n) is 9.14. The van der Waals surface area contributed by atoms with Crippen LogP contribution < -0.4 is 0 Å². The molecule has 1 unspecified atom stereocenters. The summed E-state index contributed by atoms with van der Waals surface area (Å²) in [5.74, 6) is 0.914. The molecule has 0 spiro atoms. The van der Waals surface area contributed by atoms with E-state index in [-0.39, 0.29) is 0 Å². The van der Waals surface area contributed by atoms with E-state index in [1.165, 1.54) is 89.9 Å². The van der Waals surface area contributed by atoms with Crippen molar-refractivity contribution in [1.82, 2.24) is 0 Å². The highest BCUT2D eigenvalue weighted by Gasteiger charge is 2.05. The summed E-state index contributed by atoms with van der Waals surface area (Å²) in [6.07, 6.45) is 21.2. The second-order valence-corrected chi connectivity index (χ2v) is 6.27. The van der Waals surface area contributed by atoms with Crippen LogP contribution in [0.4, 0.5) is 0 Å². The van der Waals surface area contributed by atoms with Crippen LogP contribution in [0.25, 0.3) is 0 Å². The second-order valence-electron chi connectivity index (χ2n) is 6.27. The molecule has 0 saturated carbocycles. The van der Waals surface area contributed by atoms with E-state index >= 15 is 0 Å². The molecule has 0 amide bonds.